The zero-order chi connectivity index (χ0) is 13.7. The number of ether oxygens (including phenoxy) is 1. The highest BCUT2D eigenvalue weighted by Gasteiger charge is 2.22. The number of rotatable bonds is 3. The number of hydrogen-bond acceptors (Lipinski definition) is 5. The van der Waals surface area contributed by atoms with Crippen LogP contribution < -0.4 is 10.6 Å². The summed E-state index contributed by atoms with van der Waals surface area (Å²) in [7, 11) is 1.36. The number of esters is 1. The molecule has 3 amide bonds. The third-order valence-corrected chi connectivity index (χ3v) is 2.32. The van der Waals surface area contributed by atoms with Crippen LogP contribution in [0, 0.1) is 0 Å². The fourth-order valence-electron chi connectivity index (χ4n) is 0.972. The largest absolute Gasteiger partial charge is 0.447 e. The zero-order valence-corrected chi connectivity index (χ0v) is 11.2. The molecule has 1 atom stereocenters. The van der Waals surface area contributed by atoms with E-state index in [0.29, 0.717) is 4.67 Å². The summed E-state index contributed by atoms with van der Waals surface area (Å²) in [6, 6.07) is 2.24. The van der Waals surface area contributed by atoms with Gasteiger partial charge in [0, 0.05) is 7.05 Å². The van der Waals surface area contributed by atoms with Crippen LogP contribution in [0.5, 0.6) is 0 Å². The van der Waals surface area contributed by atoms with E-state index in [-0.39, 0.29) is 5.76 Å². The van der Waals surface area contributed by atoms with E-state index in [2.05, 4.69) is 21.2 Å². The molecular formula is C10H11BrN2O5. The Balaban J connectivity index is 2.54. The molecule has 1 rings (SSSR count). The molecule has 18 heavy (non-hydrogen) atoms. The molecule has 1 unspecified atom stereocenters. The lowest BCUT2D eigenvalue weighted by atomic mass is 10.3. The fourth-order valence-corrected chi connectivity index (χ4v) is 1.28. The second kappa shape index (κ2) is 6.20. The summed E-state index contributed by atoms with van der Waals surface area (Å²) < 4.78 is 10.1. The lowest BCUT2D eigenvalue weighted by molar-refractivity contribution is -0.128. The average molecular weight is 319 g/mol. The monoisotopic (exact) mass is 318 g/mol. The van der Waals surface area contributed by atoms with E-state index in [0.717, 1.165) is 0 Å². The minimum Gasteiger partial charge on any atom is -0.447 e. The fraction of sp³-hybridized carbons (Fsp3) is 0.300. The van der Waals surface area contributed by atoms with E-state index in [1.165, 1.54) is 26.1 Å². The van der Waals surface area contributed by atoms with Crippen molar-refractivity contribution in [2.24, 2.45) is 0 Å². The van der Waals surface area contributed by atoms with E-state index in [1.807, 2.05) is 5.32 Å². The van der Waals surface area contributed by atoms with E-state index in [4.69, 9.17) is 9.15 Å². The molecule has 1 heterocycles. The van der Waals surface area contributed by atoms with Crippen molar-refractivity contribution in [2.75, 3.05) is 7.05 Å². The first-order valence-corrected chi connectivity index (χ1v) is 5.72. The Morgan fingerprint density at radius 3 is 2.56 bits per heavy atom. The van der Waals surface area contributed by atoms with Crippen molar-refractivity contribution < 1.29 is 23.5 Å². The first kappa shape index (κ1) is 14.2. The Labute approximate surface area is 111 Å². The number of amides is 3. The van der Waals surface area contributed by atoms with Crippen LogP contribution in [0.25, 0.3) is 0 Å². The molecule has 1 aromatic rings. The van der Waals surface area contributed by atoms with Gasteiger partial charge in [0.1, 0.15) is 0 Å². The van der Waals surface area contributed by atoms with Crippen LogP contribution in [-0.2, 0) is 9.53 Å². The predicted octanol–water partition coefficient (Wildman–Crippen LogP) is 1.04. The molecule has 0 aliphatic carbocycles. The highest BCUT2D eigenvalue weighted by atomic mass is 79.9. The van der Waals surface area contributed by atoms with Crippen molar-refractivity contribution in [3.05, 3.63) is 22.6 Å². The molecule has 0 aromatic carbocycles. The van der Waals surface area contributed by atoms with Crippen LogP contribution >= 0.6 is 15.9 Å². The molecule has 0 fully saturated rings. The number of carbonyl (C=O) groups excluding carboxylic acids is 3. The second-order valence-electron chi connectivity index (χ2n) is 3.22. The van der Waals surface area contributed by atoms with Gasteiger partial charge in [-0.2, -0.15) is 0 Å². The number of halogens is 1. The summed E-state index contributed by atoms with van der Waals surface area (Å²) in [5.74, 6) is -1.56. The maximum absolute atomic E-state index is 11.5. The predicted molar refractivity (Wildman–Crippen MR) is 63.9 cm³/mol. The Morgan fingerprint density at radius 2 is 2.06 bits per heavy atom. The van der Waals surface area contributed by atoms with Gasteiger partial charge in [0.05, 0.1) is 0 Å². The molecule has 0 spiro atoms. The number of carbonyl (C=O) groups is 3. The third-order valence-electron chi connectivity index (χ3n) is 1.89. The van der Waals surface area contributed by atoms with Gasteiger partial charge in [0.25, 0.3) is 5.91 Å². The summed E-state index contributed by atoms with van der Waals surface area (Å²) in [6.45, 7) is 1.34. The van der Waals surface area contributed by atoms with E-state index < -0.39 is 24.0 Å². The molecule has 0 radical (unpaired) electrons. The average Bonchev–Trinajstić information content (AvgIpc) is 2.75. The van der Waals surface area contributed by atoms with Crippen molar-refractivity contribution in [2.45, 2.75) is 13.0 Å². The number of urea groups is 1. The summed E-state index contributed by atoms with van der Waals surface area (Å²) in [6.07, 6.45) is -1.11. The zero-order valence-electron chi connectivity index (χ0n) is 9.65. The van der Waals surface area contributed by atoms with Gasteiger partial charge in [-0.15, -0.1) is 0 Å². The van der Waals surface area contributed by atoms with Gasteiger partial charge in [0.2, 0.25) is 5.76 Å². The van der Waals surface area contributed by atoms with Gasteiger partial charge < -0.3 is 14.5 Å². The molecule has 0 aliphatic heterocycles. The molecule has 1 aromatic heterocycles. The molecular weight excluding hydrogens is 308 g/mol. The Hall–Kier alpha value is -1.83. The number of hydrogen-bond donors (Lipinski definition) is 2. The van der Waals surface area contributed by atoms with Crippen LogP contribution in [0.1, 0.15) is 17.5 Å². The molecule has 98 valence electrons. The minimum atomic E-state index is -1.11. The molecule has 0 aliphatic rings. The smallest absolute Gasteiger partial charge is 0.375 e. The summed E-state index contributed by atoms with van der Waals surface area (Å²) in [5.41, 5.74) is 0. The van der Waals surface area contributed by atoms with Crippen molar-refractivity contribution in [1.29, 1.82) is 0 Å². The molecule has 8 heteroatoms. The number of nitrogens with one attached hydrogen (secondary N) is 2. The van der Waals surface area contributed by atoms with Gasteiger partial charge in [0.15, 0.2) is 10.8 Å². The molecule has 0 saturated heterocycles. The summed E-state index contributed by atoms with van der Waals surface area (Å²) in [4.78, 5) is 33.8. The third kappa shape index (κ3) is 3.88. The first-order valence-electron chi connectivity index (χ1n) is 4.93. The van der Waals surface area contributed by atoms with Crippen LogP contribution in [-0.4, -0.2) is 31.1 Å². The maximum atomic E-state index is 11.5. The van der Waals surface area contributed by atoms with Crippen LogP contribution in [0.15, 0.2) is 21.2 Å². The van der Waals surface area contributed by atoms with Gasteiger partial charge >= 0.3 is 12.0 Å². The maximum Gasteiger partial charge on any atom is 0.375 e. The quantitative estimate of drug-likeness (QED) is 0.811. The Bertz CT molecular complexity index is 471. The highest BCUT2D eigenvalue weighted by Crippen LogP contribution is 2.15. The Morgan fingerprint density at radius 1 is 1.39 bits per heavy atom. The van der Waals surface area contributed by atoms with Crippen LogP contribution in [0.2, 0.25) is 0 Å². The lowest BCUT2D eigenvalue weighted by Gasteiger charge is -2.11. The van der Waals surface area contributed by atoms with Crippen molar-refractivity contribution in [3.63, 3.8) is 0 Å². The van der Waals surface area contributed by atoms with Gasteiger partial charge in [-0.25, -0.2) is 9.59 Å². The van der Waals surface area contributed by atoms with Crippen molar-refractivity contribution in [3.8, 4) is 0 Å². The summed E-state index contributed by atoms with van der Waals surface area (Å²) in [5, 5.41) is 4.19. The number of furan rings is 1. The van der Waals surface area contributed by atoms with E-state index in [1.54, 1.807) is 0 Å². The topological polar surface area (TPSA) is 97.6 Å². The molecule has 7 nitrogen and oxygen atoms in total. The van der Waals surface area contributed by atoms with E-state index >= 15 is 0 Å². The van der Waals surface area contributed by atoms with Crippen LogP contribution in [0.4, 0.5) is 4.79 Å². The van der Waals surface area contributed by atoms with Gasteiger partial charge in [-0.3, -0.25) is 10.1 Å². The first-order chi connectivity index (χ1) is 8.43. The highest BCUT2D eigenvalue weighted by molar-refractivity contribution is 9.10. The normalized spacial score (nSPS) is 11.5. The van der Waals surface area contributed by atoms with Crippen molar-refractivity contribution in [1.82, 2.24) is 10.6 Å². The Kier molecular flexibility index (Phi) is 4.90. The van der Waals surface area contributed by atoms with Crippen molar-refractivity contribution >= 4 is 33.8 Å². The second-order valence-corrected chi connectivity index (χ2v) is 4.00. The van der Waals surface area contributed by atoms with Gasteiger partial charge in [-0.05, 0) is 35.0 Å². The summed E-state index contributed by atoms with van der Waals surface area (Å²) >= 11 is 3.03. The number of imide groups is 1. The molecule has 2 N–H and O–H groups in total. The standard InChI is InChI=1S/C10H11BrN2O5/c1-5(8(14)13-10(16)12-2)17-9(15)6-3-4-7(11)18-6/h3-5H,1-2H3,(H2,12,13,14,16). The molecule has 0 bridgehead atoms. The van der Waals surface area contributed by atoms with E-state index in [9.17, 15) is 14.4 Å². The lowest BCUT2D eigenvalue weighted by Crippen LogP contribution is -2.43. The SMILES string of the molecule is CNC(=O)NC(=O)C(C)OC(=O)c1ccc(Br)o1. The minimum absolute atomic E-state index is 0.0403. The van der Waals surface area contributed by atoms with Gasteiger partial charge in [-0.1, -0.05) is 0 Å². The molecule has 0 saturated carbocycles. The van der Waals surface area contributed by atoms with Crippen LogP contribution in [0.3, 0.4) is 0 Å².